The number of nitrogens with one attached hydrogen (secondary N) is 3. The van der Waals surface area contributed by atoms with Gasteiger partial charge in [0.1, 0.15) is 41.6 Å². The number of halogens is 7. The molecule has 10 aromatic rings. The van der Waals surface area contributed by atoms with Crippen molar-refractivity contribution in [2.45, 2.75) is 106 Å². The second-order valence-corrected chi connectivity index (χ2v) is 36.0. The first-order valence-electron chi connectivity index (χ1n) is 37.3. The number of amides is 3. The lowest BCUT2D eigenvalue weighted by Gasteiger charge is -2.41. The number of alkyl halides is 3. The van der Waals surface area contributed by atoms with Crippen LogP contribution in [0.1, 0.15) is 70.6 Å². The molecule has 116 heavy (non-hydrogen) atoms. The molecule has 3 saturated heterocycles. The molecule has 5 aliphatic rings. The zero-order chi connectivity index (χ0) is 82.5. The maximum absolute atomic E-state index is 13.4. The van der Waals surface area contributed by atoms with Crippen LogP contribution in [0.25, 0.3) is 10.9 Å². The van der Waals surface area contributed by atoms with E-state index in [-0.39, 0.29) is 82.3 Å². The van der Waals surface area contributed by atoms with E-state index in [0.29, 0.717) is 105 Å². The van der Waals surface area contributed by atoms with Gasteiger partial charge in [0, 0.05) is 173 Å². The standard InChI is InChI=1S/C28H32Cl2N6O3S.C25H26ClF3N6O3S2.C25H25ClN6O3S.6H2/c1-18-26(30)27(32-20(3)31-18)33-40(38,39)24-9-7-23(8-10-24)34-13-15-35(16-14-34)28(37)19(2)36-12-4-5-21-17-22(29)6-11-25(21)36;1-16(35-10-2-3-17-15-18(26)4-9-21(17)35)22(36)34-13-11-33(12-14-34)19-5-7-20(8-6-19)40(37,38)32-24-30-23(31-39-24)25(27,28)29;1-18-15-30(21-4-6-22(7-5-21)36(34,35)29-24-8-10-27-17-28-24)12-13-32(18)25(33)16-31-11-9-19-2-3-20(26)14-23(19)31;;;;;;/h6-11,17,19H,4-5,12-16H2,1-3H3,(H,31,32,33);4-9,15-16H,2-3,10-14H2,1H3,(H,30,31,32);2-11,14,17-18H,12-13,15-16H2,1H3,(H,27,28,29);6*1H/t19-;16-;18-;;;;;;/m111....../s1. The molecule has 38 heteroatoms. The van der Waals surface area contributed by atoms with E-state index in [1.165, 1.54) is 36.3 Å². The predicted octanol–water partition coefficient (Wildman–Crippen LogP) is 14.3. The third-order valence-corrected chi connectivity index (χ3v) is 26.8. The maximum Gasteiger partial charge on any atom is 0.452 e. The van der Waals surface area contributed by atoms with Crippen LogP contribution in [0.15, 0.2) is 173 Å². The summed E-state index contributed by atoms with van der Waals surface area (Å²) >= 11 is 25.0. The van der Waals surface area contributed by atoms with Gasteiger partial charge in [-0.25, -0.2) is 45.2 Å². The smallest absolute Gasteiger partial charge is 0.368 e. The number of aromatic nitrogens is 7. The summed E-state index contributed by atoms with van der Waals surface area (Å²) < 4.78 is 127. The molecule has 3 N–H and O–H groups in total. The van der Waals surface area contributed by atoms with Crippen LogP contribution >= 0.6 is 57.9 Å². The quantitative estimate of drug-likeness (QED) is 0.0719. The molecular weight excluding hydrogens is 1660 g/mol. The van der Waals surface area contributed by atoms with Crippen molar-refractivity contribution in [2.24, 2.45) is 0 Å². The first-order valence-corrected chi connectivity index (χ1v) is 44.0. The minimum Gasteiger partial charge on any atom is -0.368 e. The summed E-state index contributed by atoms with van der Waals surface area (Å²) in [6, 6.07) is 39.7. The number of piperazine rings is 3. The number of anilines is 8. The molecule has 624 valence electrons. The van der Waals surface area contributed by atoms with Crippen LogP contribution in [0.2, 0.25) is 20.1 Å². The molecule has 3 fully saturated rings. The van der Waals surface area contributed by atoms with Crippen LogP contribution in [0.4, 0.5) is 58.4 Å². The molecule has 15 rings (SSSR count). The molecule has 5 aliphatic heterocycles. The van der Waals surface area contributed by atoms with Crippen molar-refractivity contribution in [1.29, 1.82) is 0 Å². The Morgan fingerprint density at radius 1 is 0.569 bits per heavy atom. The van der Waals surface area contributed by atoms with Crippen LogP contribution in [-0.4, -0.2) is 195 Å². The van der Waals surface area contributed by atoms with Crippen LogP contribution in [0.5, 0.6) is 0 Å². The lowest BCUT2D eigenvalue weighted by atomic mass is 10.00. The molecule has 0 radical (unpaired) electrons. The molecule has 0 bridgehead atoms. The highest BCUT2D eigenvalue weighted by Crippen LogP contribution is 2.36. The number of fused-ring (bicyclic) bond motifs is 3. The topological polar surface area (TPSA) is 298 Å². The third kappa shape index (κ3) is 19.7. The number of nitrogens with zero attached hydrogens (tertiary/aromatic N) is 15. The van der Waals surface area contributed by atoms with Crippen molar-refractivity contribution in [1.82, 2.24) is 48.6 Å². The van der Waals surface area contributed by atoms with Gasteiger partial charge in [0.25, 0.3) is 30.1 Å². The zero-order valence-electron chi connectivity index (χ0n) is 63.6. The van der Waals surface area contributed by atoms with Crippen molar-refractivity contribution in [3.63, 3.8) is 0 Å². The Kier molecular flexibility index (Phi) is 25.8. The highest BCUT2D eigenvalue weighted by molar-refractivity contribution is 7.93. The van der Waals surface area contributed by atoms with E-state index in [9.17, 15) is 52.8 Å². The van der Waals surface area contributed by atoms with E-state index < -0.39 is 47.2 Å². The van der Waals surface area contributed by atoms with E-state index >= 15 is 0 Å². The summed E-state index contributed by atoms with van der Waals surface area (Å²) in [5.41, 5.74) is 8.49. The van der Waals surface area contributed by atoms with Gasteiger partial charge in [-0.05, 0) is 210 Å². The van der Waals surface area contributed by atoms with E-state index in [1.807, 2.05) is 112 Å². The molecule has 0 saturated carbocycles. The van der Waals surface area contributed by atoms with Gasteiger partial charge in [-0.1, -0.05) is 52.5 Å². The second-order valence-electron chi connectivity index (χ2n) is 28.5. The fourth-order valence-electron chi connectivity index (χ4n) is 14.8. The molecule has 0 unspecified atom stereocenters. The Hall–Kier alpha value is -9.81. The molecule has 4 aromatic heterocycles. The van der Waals surface area contributed by atoms with Gasteiger partial charge in [0.05, 0.1) is 20.4 Å². The molecule has 0 spiro atoms. The minimum atomic E-state index is -4.76. The minimum absolute atomic E-state index is 0. The van der Waals surface area contributed by atoms with E-state index in [0.717, 1.165) is 88.7 Å². The fraction of sp³-hybridized carbons (Fsp3) is 0.346. The number of carbonyl (C=O) groups excluding carboxylic acids is 3. The van der Waals surface area contributed by atoms with Crippen LogP contribution in [0, 0.1) is 13.8 Å². The fourth-order valence-corrected chi connectivity index (χ4v) is 19.4. The summed E-state index contributed by atoms with van der Waals surface area (Å²) in [6.45, 7) is 17.7. The largest absolute Gasteiger partial charge is 0.452 e. The van der Waals surface area contributed by atoms with Gasteiger partial charge in [-0.15, -0.1) is 0 Å². The average Bonchev–Trinajstić information content (AvgIpc) is 1.69. The number of aryl methyl sites for hydroxylation is 4. The van der Waals surface area contributed by atoms with E-state index in [4.69, 9.17) is 46.4 Å². The van der Waals surface area contributed by atoms with Crippen molar-refractivity contribution < 1.29 is 61.4 Å². The number of hydrogen-bond donors (Lipinski definition) is 3. The number of hydrogen-bond acceptors (Lipinski definition) is 21. The van der Waals surface area contributed by atoms with Crippen molar-refractivity contribution in [3.8, 4) is 0 Å². The average molecular weight is 1760 g/mol. The van der Waals surface area contributed by atoms with Crippen LogP contribution in [0.3, 0.4) is 0 Å². The molecule has 0 aliphatic carbocycles. The van der Waals surface area contributed by atoms with Crippen molar-refractivity contribution in [2.75, 3.05) is 124 Å². The number of rotatable bonds is 18. The van der Waals surface area contributed by atoms with Crippen LogP contribution < -0.4 is 38.7 Å². The highest BCUT2D eigenvalue weighted by atomic mass is 35.5. The number of sulfonamides is 3. The Labute approximate surface area is 703 Å². The summed E-state index contributed by atoms with van der Waals surface area (Å²) in [5, 5.41) is 2.79. The first kappa shape index (κ1) is 84.1. The SMILES string of the molecule is C[C@@H]1CN(c2ccc(S(=O)(=O)Nc3ccncn3)cc2)CCN1C(=O)Cn1ccc2ccc(Cl)cc21.C[C@H](C(=O)N1CCN(c2ccc(S(=O)(=O)Nc3nc(C(F)(F)F)ns3)cc2)CC1)N1CCCc2cc(Cl)ccc21.Cc1nc(C)c(Cl)c(NS(=O)(=O)c2ccc(N3CCN(C(=O)[C@@H](C)N4CCCc5cc(Cl)ccc54)CC3)cc2)n1.[HH].[HH].[HH].[HH].[HH].[HH]. The molecule has 6 aromatic carbocycles. The van der Waals surface area contributed by atoms with Crippen LogP contribution in [-0.2, 0) is 70.0 Å². The predicted molar refractivity (Wildman–Crippen MR) is 459 cm³/mol. The zero-order valence-corrected chi connectivity index (χ0v) is 69.9. The molecule has 9 heterocycles. The van der Waals surface area contributed by atoms with Crippen molar-refractivity contribution in [3.05, 3.63) is 207 Å². The van der Waals surface area contributed by atoms with Gasteiger partial charge in [-0.2, -0.15) is 22.5 Å². The summed E-state index contributed by atoms with van der Waals surface area (Å²) in [6.07, 6.45) is 3.75. The molecular formula is C78H95Cl4F3N18O9S4. The Morgan fingerprint density at radius 3 is 1.54 bits per heavy atom. The Morgan fingerprint density at radius 2 is 1.05 bits per heavy atom. The van der Waals surface area contributed by atoms with E-state index in [2.05, 4.69) is 63.2 Å². The Bertz CT molecular complexity index is 5630. The van der Waals surface area contributed by atoms with Gasteiger partial charge < -0.3 is 43.8 Å². The maximum atomic E-state index is 13.4. The third-order valence-electron chi connectivity index (χ3n) is 20.8. The van der Waals surface area contributed by atoms with Gasteiger partial charge in [0.2, 0.25) is 28.7 Å². The molecule has 3 amide bonds. The highest BCUT2D eigenvalue weighted by Gasteiger charge is 2.38. The monoisotopic (exact) mass is 1750 g/mol. The number of carbonyl (C=O) groups is 3. The first-order chi connectivity index (χ1) is 55.2. The Balaban J connectivity index is 0.000000246. The second kappa shape index (κ2) is 35.6. The lowest BCUT2D eigenvalue weighted by Crippen LogP contribution is -2.55. The van der Waals surface area contributed by atoms with E-state index in [1.54, 1.807) is 74.5 Å². The normalized spacial score (nSPS) is 16.6. The van der Waals surface area contributed by atoms with Gasteiger partial charge in [0.15, 0.2) is 5.82 Å². The summed E-state index contributed by atoms with van der Waals surface area (Å²) in [7, 11) is -11.8. The summed E-state index contributed by atoms with van der Waals surface area (Å²) in [4.78, 5) is 75.6. The van der Waals surface area contributed by atoms with Gasteiger partial charge in [-0.3, -0.25) is 28.5 Å². The van der Waals surface area contributed by atoms with Crippen molar-refractivity contribution >= 4 is 162 Å². The molecule has 3 atom stereocenters. The summed E-state index contributed by atoms with van der Waals surface area (Å²) in [5.74, 6) is -0.487. The number of benzene rings is 6. The lowest BCUT2D eigenvalue weighted by molar-refractivity contribution is -0.144. The molecule has 27 nitrogen and oxygen atoms in total. The van der Waals surface area contributed by atoms with Gasteiger partial charge >= 0.3 is 6.18 Å².